The van der Waals surface area contributed by atoms with E-state index in [-0.39, 0.29) is 25.4 Å². The Morgan fingerprint density at radius 2 is 2.33 bits per heavy atom. The highest BCUT2D eigenvalue weighted by atomic mass is 32.2. The lowest BCUT2D eigenvalue weighted by atomic mass is 10.0. The maximum atomic E-state index is 11.8. The Balaban J connectivity index is 2.41. The summed E-state index contributed by atoms with van der Waals surface area (Å²) < 4.78 is 33.5. The topological polar surface area (TPSA) is 81.7 Å². The van der Waals surface area contributed by atoms with E-state index in [9.17, 15) is 13.2 Å². The van der Waals surface area contributed by atoms with Crippen LogP contribution in [0.15, 0.2) is 0 Å². The lowest BCUT2D eigenvalue weighted by molar-refractivity contribution is -0.166. The van der Waals surface area contributed by atoms with Gasteiger partial charge in [-0.25, -0.2) is 13.2 Å². The van der Waals surface area contributed by atoms with Gasteiger partial charge in [0.15, 0.2) is 15.4 Å². The van der Waals surface area contributed by atoms with Gasteiger partial charge in [-0.05, 0) is 0 Å². The molecule has 0 radical (unpaired) electrons. The predicted octanol–water partition coefficient (Wildman–Crippen LogP) is -1.68. The summed E-state index contributed by atoms with van der Waals surface area (Å²) >= 11 is 0. The highest BCUT2D eigenvalue weighted by Gasteiger charge is 2.59. The standard InChI is InChI=1S/C8H13NO5S/c1-13-7(10)8-5-9-4-6(8)15(11,12)3-2-14-8/h6,9H,2-5H2,1H3/t6-,8+/m1/s1. The first-order chi connectivity index (χ1) is 7.03. The summed E-state index contributed by atoms with van der Waals surface area (Å²) in [6, 6.07) is 0. The van der Waals surface area contributed by atoms with E-state index >= 15 is 0 Å². The number of esters is 1. The minimum absolute atomic E-state index is 0.0297. The van der Waals surface area contributed by atoms with Crippen LogP contribution in [-0.2, 0) is 24.1 Å². The molecule has 86 valence electrons. The third-order valence-electron chi connectivity index (χ3n) is 2.93. The molecule has 2 rings (SSSR count). The SMILES string of the molecule is COC(=O)[C@]12CNC[C@H]1S(=O)(=O)CCO2. The van der Waals surface area contributed by atoms with Crippen LogP contribution in [0, 0.1) is 0 Å². The first-order valence-electron chi connectivity index (χ1n) is 4.67. The molecular weight excluding hydrogens is 222 g/mol. The number of hydrogen-bond donors (Lipinski definition) is 1. The zero-order chi connectivity index (χ0) is 11.1. The van der Waals surface area contributed by atoms with Gasteiger partial charge in [0.05, 0.1) is 19.5 Å². The van der Waals surface area contributed by atoms with Gasteiger partial charge in [0.25, 0.3) is 0 Å². The minimum atomic E-state index is -3.26. The maximum Gasteiger partial charge on any atom is 0.340 e. The van der Waals surface area contributed by atoms with Gasteiger partial charge < -0.3 is 14.8 Å². The summed E-state index contributed by atoms with van der Waals surface area (Å²) in [5.41, 5.74) is -1.33. The monoisotopic (exact) mass is 235 g/mol. The number of ether oxygens (including phenoxy) is 2. The molecule has 2 atom stereocenters. The number of carbonyl (C=O) groups excluding carboxylic acids is 1. The Labute approximate surface area is 87.8 Å². The molecule has 2 aliphatic heterocycles. The lowest BCUT2D eigenvalue weighted by Gasteiger charge is -2.35. The second-order valence-electron chi connectivity index (χ2n) is 3.72. The fourth-order valence-corrected chi connectivity index (χ4v) is 3.95. The Hall–Kier alpha value is -0.660. The normalized spacial score (nSPS) is 38.3. The predicted molar refractivity (Wildman–Crippen MR) is 51.1 cm³/mol. The summed E-state index contributed by atoms with van der Waals surface area (Å²) in [6.07, 6.45) is 0. The molecule has 7 heteroatoms. The Bertz CT molecular complexity index is 378. The molecule has 0 bridgehead atoms. The molecule has 0 aromatic rings. The minimum Gasteiger partial charge on any atom is -0.467 e. The third-order valence-corrected chi connectivity index (χ3v) is 5.08. The maximum absolute atomic E-state index is 11.8. The molecule has 0 aromatic carbocycles. The molecule has 15 heavy (non-hydrogen) atoms. The van der Waals surface area contributed by atoms with Gasteiger partial charge in [-0.15, -0.1) is 0 Å². The van der Waals surface area contributed by atoms with Crippen molar-refractivity contribution in [2.75, 3.05) is 32.6 Å². The van der Waals surface area contributed by atoms with E-state index in [1.807, 2.05) is 0 Å². The lowest BCUT2D eigenvalue weighted by Crippen LogP contribution is -2.59. The molecule has 0 unspecified atom stereocenters. The van der Waals surface area contributed by atoms with Gasteiger partial charge in [0.1, 0.15) is 5.25 Å². The fraction of sp³-hybridized carbons (Fsp3) is 0.875. The van der Waals surface area contributed by atoms with E-state index in [0.717, 1.165) is 0 Å². The van der Waals surface area contributed by atoms with Crippen molar-refractivity contribution in [2.24, 2.45) is 0 Å². The van der Waals surface area contributed by atoms with E-state index in [4.69, 9.17) is 4.74 Å². The second kappa shape index (κ2) is 3.43. The first-order valence-corrected chi connectivity index (χ1v) is 6.39. The van der Waals surface area contributed by atoms with Crippen molar-refractivity contribution in [2.45, 2.75) is 10.9 Å². The number of fused-ring (bicyclic) bond motifs is 1. The summed E-state index contributed by atoms with van der Waals surface area (Å²) in [7, 11) is -2.03. The van der Waals surface area contributed by atoms with Gasteiger partial charge in [-0.2, -0.15) is 0 Å². The summed E-state index contributed by atoms with van der Waals surface area (Å²) in [4.78, 5) is 11.6. The Morgan fingerprint density at radius 1 is 1.60 bits per heavy atom. The number of hydrogen-bond acceptors (Lipinski definition) is 6. The number of methoxy groups -OCH3 is 1. The van der Waals surface area contributed by atoms with Crippen LogP contribution in [-0.4, -0.2) is 57.8 Å². The fourth-order valence-electron chi connectivity index (χ4n) is 2.15. The number of nitrogens with one attached hydrogen (secondary N) is 1. The number of rotatable bonds is 1. The van der Waals surface area contributed by atoms with Crippen molar-refractivity contribution in [1.82, 2.24) is 5.32 Å². The average Bonchev–Trinajstić information content (AvgIpc) is 2.62. The van der Waals surface area contributed by atoms with Crippen LogP contribution in [0.1, 0.15) is 0 Å². The van der Waals surface area contributed by atoms with Gasteiger partial charge in [0.2, 0.25) is 0 Å². The second-order valence-corrected chi connectivity index (χ2v) is 6.02. The van der Waals surface area contributed by atoms with Crippen molar-refractivity contribution in [3.05, 3.63) is 0 Å². The van der Waals surface area contributed by atoms with Crippen LogP contribution < -0.4 is 5.32 Å². The van der Waals surface area contributed by atoms with Crippen LogP contribution in [0.2, 0.25) is 0 Å². The smallest absolute Gasteiger partial charge is 0.340 e. The van der Waals surface area contributed by atoms with Crippen molar-refractivity contribution >= 4 is 15.8 Å². The van der Waals surface area contributed by atoms with Gasteiger partial charge in [0, 0.05) is 13.1 Å². The molecule has 0 spiro atoms. The molecule has 2 heterocycles. The number of carbonyl (C=O) groups is 1. The van der Waals surface area contributed by atoms with Gasteiger partial charge in [-0.3, -0.25) is 0 Å². The highest BCUT2D eigenvalue weighted by molar-refractivity contribution is 7.92. The first kappa shape index (κ1) is 10.8. The summed E-state index contributed by atoms with van der Waals surface area (Å²) in [5.74, 6) is -0.640. The van der Waals surface area contributed by atoms with Crippen molar-refractivity contribution in [3.8, 4) is 0 Å². The van der Waals surface area contributed by atoms with E-state index in [2.05, 4.69) is 10.1 Å². The van der Waals surface area contributed by atoms with Crippen molar-refractivity contribution < 1.29 is 22.7 Å². The quantitative estimate of drug-likeness (QED) is 0.546. The van der Waals surface area contributed by atoms with Crippen molar-refractivity contribution in [3.63, 3.8) is 0 Å². The summed E-state index contributed by atoms with van der Waals surface area (Å²) in [6.45, 7) is 0.497. The van der Waals surface area contributed by atoms with E-state index in [1.54, 1.807) is 0 Å². The average molecular weight is 235 g/mol. The largest absolute Gasteiger partial charge is 0.467 e. The van der Waals surface area contributed by atoms with E-state index in [0.29, 0.717) is 0 Å². The van der Waals surface area contributed by atoms with Crippen LogP contribution >= 0.6 is 0 Å². The molecule has 2 aliphatic rings. The van der Waals surface area contributed by atoms with E-state index < -0.39 is 26.7 Å². The molecule has 0 aromatic heterocycles. The summed E-state index contributed by atoms with van der Waals surface area (Å²) in [5, 5.41) is 2.06. The molecular formula is C8H13NO5S. The zero-order valence-corrected chi connectivity index (χ0v) is 9.17. The van der Waals surface area contributed by atoms with Crippen LogP contribution in [0.5, 0.6) is 0 Å². The molecule has 0 saturated carbocycles. The highest BCUT2D eigenvalue weighted by Crippen LogP contribution is 2.31. The molecule has 6 nitrogen and oxygen atoms in total. The third kappa shape index (κ3) is 1.45. The van der Waals surface area contributed by atoms with Crippen LogP contribution in [0.4, 0.5) is 0 Å². The molecule has 1 N–H and O–H groups in total. The van der Waals surface area contributed by atoms with E-state index in [1.165, 1.54) is 7.11 Å². The van der Waals surface area contributed by atoms with Gasteiger partial charge in [-0.1, -0.05) is 0 Å². The molecule has 2 saturated heterocycles. The van der Waals surface area contributed by atoms with Crippen LogP contribution in [0.25, 0.3) is 0 Å². The molecule has 0 aliphatic carbocycles. The molecule has 0 amide bonds. The Kier molecular flexibility index (Phi) is 2.48. The van der Waals surface area contributed by atoms with Crippen LogP contribution in [0.3, 0.4) is 0 Å². The Morgan fingerprint density at radius 3 is 3.00 bits per heavy atom. The van der Waals surface area contributed by atoms with Crippen molar-refractivity contribution in [1.29, 1.82) is 0 Å². The molecule has 2 fully saturated rings. The zero-order valence-electron chi connectivity index (χ0n) is 8.36. The number of sulfone groups is 1. The van der Waals surface area contributed by atoms with Gasteiger partial charge >= 0.3 is 5.97 Å².